The van der Waals surface area contributed by atoms with Gasteiger partial charge < -0.3 is 20.8 Å². The lowest BCUT2D eigenvalue weighted by atomic mass is 10.0. The molecule has 0 aliphatic rings. The van der Waals surface area contributed by atoms with Crippen LogP contribution in [0, 0.1) is 5.82 Å². The molecular formula is C21H25FN2O4. The van der Waals surface area contributed by atoms with E-state index in [1.807, 2.05) is 30.3 Å². The van der Waals surface area contributed by atoms with Crippen molar-refractivity contribution in [1.29, 1.82) is 0 Å². The number of carbonyl (C=O) groups excluding carboxylic acids is 1. The van der Waals surface area contributed by atoms with E-state index in [9.17, 15) is 19.1 Å². The first-order valence-electron chi connectivity index (χ1n) is 9.14. The van der Waals surface area contributed by atoms with Crippen molar-refractivity contribution < 1.29 is 24.2 Å². The molecule has 0 aliphatic carbocycles. The molecule has 0 heterocycles. The van der Waals surface area contributed by atoms with Crippen molar-refractivity contribution in [2.45, 2.75) is 37.8 Å². The number of carboxylic acid groups (broad SMARTS) is 1. The molecule has 2 amide bonds. The number of hydrogen-bond donors (Lipinski definition) is 4. The van der Waals surface area contributed by atoms with Crippen molar-refractivity contribution in [3.8, 4) is 0 Å². The monoisotopic (exact) mass is 388 g/mol. The molecule has 2 rings (SSSR count). The number of carboxylic acids is 1. The second kappa shape index (κ2) is 11.0. The first kappa shape index (κ1) is 21.4. The van der Waals surface area contributed by atoms with Crippen LogP contribution in [0.1, 0.15) is 24.0 Å². The first-order chi connectivity index (χ1) is 13.5. The van der Waals surface area contributed by atoms with Crippen molar-refractivity contribution in [1.82, 2.24) is 10.6 Å². The predicted molar refractivity (Wildman–Crippen MR) is 103 cm³/mol. The summed E-state index contributed by atoms with van der Waals surface area (Å²) in [6.07, 6.45) is 1.09. The van der Waals surface area contributed by atoms with Gasteiger partial charge in [0.15, 0.2) is 0 Å². The summed E-state index contributed by atoms with van der Waals surface area (Å²) in [4.78, 5) is 23.3. The maximum atomic E-state index is 13.0. The smallest absolute Gasteiger partial charge is 0.315 e. The van der Waals surface area contributed by atoms with E-state index in [0.29, 0.717) is 19.3 Å². The summed E-state index contributed by atoms with van der Waals surface area (Å²) in [5.41, 5.74) is 1.77. The van der Waals surface area contributed by atoms with Crippen molar-refractivity contribution >= 4 is 12.0 Å². The lowest BCUT2D eigenvalue weighted by Crippen LogP contribution is -2.48. The minimum absolute atomic E-state index is 0.0587. The van der Waals surface area contributed by atoms with E-state index in [-0.39, 0.29) is 24.9 Å². The van der Waals surface area contributed by atoms with Gasteiger partial charge in [-0.1, -0.05) is 42.5 Å². The van der Waals surface area contributed by atoms with E-state index in [2.05, 4.69) is 10.6 Å². The number of urea groups is 1. The van der Waals surface area contributed by atoms with Crippen LogP contribution < -0.4 is 10.6 Å². The number of benzene rings is 2. The number of amides is 2. The summed E-state index contributed by atoms with van der Waals surface area (Å²) < 4.78 is 13.0. The molecule has 0 saturated heterocycles. The van der Waals surface area contributed by atoms with Crippen LogP contribution in [0.15, 0.2) is 54.6 Å². The van der Waals surface area contributed by atoms with Crippen LogP contribution in [0.2, 0.25) is 0 Å². The molecule has 2 aromatic rings. The van der Waals surface area contributed by atoms with Crippen LogP contribution in [-0.4, -0.2) is 40.9 Å². The summed E-state index contributed by atoms with van der Waals surface area (Å²) in [7, 11) is 0. The molecule has 4 N–H and O–H groups in total. The molecule has 0 saturated carbocycles. The lowest BCUT2D eigenvalue weighted by Gasteiger charge is -2.22. The molecule has 150 valence electrons. The molecule has 0 aliphatic heterocycles. The van der Waals surface area contributed by atoms with E-state index in [4.69, 9.17) is 5.11 Å². The average Bonchev–Trinajstić information content (AvgIpc) is 2.68. The molecule has 0 bridgehead atoms. The van der Waals surface area contributed by atoms with Gasteiger partial charge in [-0.25, -0.2) is 9.18 Å². The third-order valence-corrected chi connectivity index (χ3v) is 4.32. The fraction of sp³-hybridized carbons (Fsp3) is 0.333. The number of carbonyl (C=O) groups is 2. The van der Waals surface area contributed by atoms with Gasteiger partial charge in [-0.2, -0.15) is 0 Å². The Bertz CT molecular complexity index is 753. The number of hydrogen-bond acceptors (Lipinski definition) is 3. The summed E-state index contributed by atoms with van der Waals surface area (Å²) in [6.45, 7) is -0.275. The standard InChI is InChI=1S/C21H25FN2O4/c22-17-8-6-16(7-9-17)13-19(14-25)24-21(28)23-18(10-11-20(26)27)12-15-4-2-1-3-5-15/h1-9,18-19,25H,10-14H2,(H,26,27)(H2,23,24,28). The third kappa shape index (κ3) is 7.75. The second-order valence-electron chi connectivity index (χ2n) is 6.65. The largest absolute Gasteiger partial charge is 0.481 e. The topological polar surface area (TPSA) is 98.7 Å². The molecule has 0 radical (unpaired) electrons. The van der Waals surface area contributed by atoms with Crippen LogP contribution in [0.3, 0.4) is 0 Å². The molecule has 2 unspecified atom stereocenters. The predicted octanol–water partition coefficient (Wildman–Crippen LogP) is 2.50. The van der Waals surface area contributed by atoms with Gasteiger partial charge in [-0.15, -0.1) is 0 Å². The highest BCUT2D eigenvalue weighted by Crippen LogP contribution is 2.09. The van der Waals surface area contributed by atoms with Gasteiger partial charge in [0.2, 0.25) is 0 Å². The van der Waals surface area contributed by atoms with Crippen molar-refractivity contribution in [3.63, 3.8) is 0 Å². The van der Waals surface area contributed by atoms with E-state index in [0.717, 1.165) is 11.1 Å². The zero-order chi connectivity index (χ0) is 20.4. The van der Waals surface area contributed by atoms with Crippen molar-refractivity contribution in [2.75, 3.05) is 6.61 Å². The molecule has 28 heavy (non-hydrogen) atoms. The summed E-state index contributed by atoms with van der Waals surface area (Å²) in [5.74, 6) is -1.28. The SMILES string of the molecule is O=C(O)CCC(Cc1ccccc1)NC(=O)NC(CO)Cc1ccc(F)cc1. The normalized spacial score (nSPS) is 12.8. The molecule has 0 spiro atoms. The molecule has 2 aromatic carbocycles. The van der Waals surface area contributed by atoms with Crippen LogP contribution in [0.4, 0.5) is 9.18 Å². The molecule has 6 nitrogen and oxygen atoms in total. The fourth-order valence-corrected chi connectivity index (χ4v) is 2.90. The number of rotatable bonds is 10. The van der Waals surface area contributed by atoms with Crippen LogP contribution >= 0.6 is 0 Å². The van der Waals surface area contributed by atoms with E-state index < -0.39 is 18.0 Å². The second-order valence-corrected chi connectivity index (χ2v) is 6.65. The Morgan fingerprint density at radius 2 is 1.46 bits per heavy atom. The van der Waals surface area contributed by atoms with Gasteiger partial charge in [0.05, 0.1) is 12.6 Å². The Morgan fingerprint density at radius 3 is 2.07 bits per heavy atom. The van der Waals surface area contributed by atoms with Gasteiger partial charge in [0.1, 0.15) is 5.82 Å². The maximum Gasteiger partial charge on any atom is 0.315 e. The molecule has 0 fully saturated rings. The van der Waals surface area contributed by atoms with Crippen LogP contribution in [0.5, 0.6) is 0 Å². The molecule has 0 aromatic heterocycles. The molecule has 7 heteroatoms. The Balaban J connectivity index is 1.93. The summed E-state index contributed by atoms with van der Waals surface area (Å²) in [5, 5.41) is 24.0. The van der Waals surface area contributed by atoms with Crippen LogP contribution in [0.25, 0.3) is 0 Å². The van der Waals surface area contributed by atoms with Gasteiger partial charge in [-0.05, 0) is 42.5 Å². The van der Waals surface area contributed by atoms with Gasteiger partial charge in [0, 0.05) is 12.5 Å². The number of halogens is 1. The minimum atomic E-state index is -0.926. The number of aliphatic hydroxyl groups is 1. The summed E-state index contributed by atoms with van der Waals surface area (Å²) >= 11 is 0. The lowest BCUT2D eigenvalue weighted by molar-refractivity contribution is -0.137. The van der Waals surface area contributed by atoms with Gasteiger partial charge in [-0.3, -0.25) is 4.79 Å². The van der Waals surface area contributed by atoms with E-state index in [1.165, 1.54) is 12.1 Å². The number of aliphatic hydroxyl groups excluding tert-OH is 1. The van der Waals surface area contributed by atoms with Gasteiger partial charge >= 0.3 is 12.0 Å². The minimum Gasteiger partial charge on any atom is -0.481 e. The quantitative estimate of drug-likeness (QED) is 0.503. The van der Waals surface area contributed by atoms with Crippen LogP contribution in [-0.2, 0) is 17.6 Å². The third-order valence-electron chi connectivity index (χ3n) is 4.32. The molecular weight excluding hydrogens is 363 g/mol. The Hall–Kier alpha value is -2.93. The zero-order valence-corrected chi connectivity index (χ0v) is 15.5. The van der Waals surface area contributed by atoms with Crippen molar-refractivity contribution in [3.05, 3.63) is 71.5 Å². The van der Waals surface area contributed by atoms with Gasteiger partial charge in [0.25, 0.3) is 0 Å². The zero-order valence-electron chi connectivity index (χ0n) is 15.5. The Labute approximate surface area is 163 Å². The maximum absolute atomic E-state index is 13.0. The highest BCUT2D eigenvalue weighted by molar-refractivity contribution is 5.75. The number of nitrogens with one attached hydrogen (secondary N) is 2. The van der Waals surface area contributed by atoms with Crippen molar-refractivity contribution in [2.24, 2.45) is 0 Å². The summed E-state index contributed by atoms with van der Waals surface area (Å²) in [6, 6.07) is 14.0. The highest BCUT2D eigenvalue weighted by Gasteiger charge is 2.17. The Morgan fingerprint density at radius 1 is 0.893 bits per heavy atom. The average molecular weight is 388 g/mol. The molecule has 2 atom stereocenters. The van der Waals surface area contributed by atoms with E-state index >= 15 is 0 Å². The van der Waals surface area contributed by atoms with E-state index in [1.54, 1.807) is 12.1 Å². The fourth-order valence-electron chi connectivity index (χ4n) is 2.90. The highest BCUT2D eigenvalue weighted by atomic mass is 19.1. The number of aliphatic carboxylic acids is 1. The Kier molecular flexibility index (Phi) is 8.42. The first-order valence-corrected chi connectivity index (χ1v) is 9.14.